The number of nitrogens with one attached hydrogen (secondary N) is 1. The maximum atomic E-state index is 12.5. The predicted octanol–water partition coefficient (Wildman–Crippen LogP) is 3.69. The van der Waals surface area contributed by atoms with E-state index < -0.39 is 0 Å². The van der Waals surface area contributed by atoms with E-state index in [1.807, 2.05) is 0 Å². The second kappa shape index (κ2) is 12.4. The maximum absolute atomic E-state index is 12.5. The topological polar surface area (TPSA) is 80.1 Å². The van der Waals surface area contributed by atoms with Gasteiger partial charge in [0.1, 0.15) is 11.5 Å². The Balaban J connectivity index is 1.16. The third kappa shape index (κ3) is 6.83. The fraction of sp³-hybridized carbons (Fsp3) is 0.407. The number of rotatable bonds is 11. The van der Waals surface area contributed by atoms with Crippen LogP contribution in [0.4, 0.5) is 0 Å². The van der Waals surface area contributed by atoms with Crippen molar-refractivity contribution < 1.29 is 18.8 Å². The summed E-state index contributed by atoms with van der Waals surface area (Å²) in [5.74, 6) is 1.50. The number of aromatic nitrogens is 1. The summed E-state index contributed by atoms with van der Waals surface area (Å²) in [5.41, 5.74) is 2.31. The molecule has 1 N–H and O–H groups in total. The molecule has 4 rings (SSSR count). The lowest BCUT2D eigenvalue weighted by atomic mass is 10.1. The molecule has 1 aliphatic heterocycles. The number of ether oxygens (including phenoxy) is 2. The highest BCUT2D eigenvalue weighted by Gasteiger charge is 2.18. The lowest BCUT2D eigenvalue weighted by molar-refractivity contribution is 0.0942. The number of methoxy groups -OCH3 is 2. The third-order valence-electron chi connectivity index (χ3n) is 6.32. The second-order valence-corrected chi connectivity index (χ2v) is 8.71. The number of amides is 1. The van der Waals surface area contributed by atoms with Gasteiger partial charge in [-0.15, -0.1) is 0 Å². The van der Waals surface area contributed by atoms with Gasteiger partial charge < -0.3 is 24.2 Å². The standard InChI is InChI=1S/C27H34N4O4/c1-33-22-10-11-25(34-2)23(18-22)26-19-24(29-35-26)27(32)28-12-6-7-13-30-14-16-31(17-15-30)20-21-8-4-3-5-9-21/h3-5,8-11,18-19H,6-7,12-17,20H2,1-2H3,(H,28,32). The van der Waals surface area contributed by atoms with Gasteiger partial charge in [0.2, 0.25) is 0 Å². The molecule has 0 bridgehead atoms. The van der Waals surface area contributed by atoms with Crippen LogP contribution in [0.2, 0.25) is 0 Å². The number of unbranched alkanes of at least 4 members (excludes halogenated alkanes) is 1. The molecule has 0 radical (unpaired) electrons. The summed E-state index contributed by atoms with van der Waals surface area (Å²) < 4.78 is 16.1. The number of hydrogen-bond donors (Lipinski definition) is 1. The molecule has 1 aromatic heterocycles. The van der Waals surface area contributed by atoms with Crippen molar-refractivity contribution >= 4 is 5.91 Å². The molecule has 186 valence electrons. The van der Waals surface area contributed by atoms with Gasteiger partial charge in [-0.25, -0.2) is 0 Å². The van der Waals surface area contributed by atoms with Crippen molar-refractivity contribution in [3.05, 3.63) is 65.9 Å². The van der Waals surface area contributed by atoms with E-state index in [1.54, 1.807) is 38.5 Å². The van der Waals surface area contributed by atoms with E-state index in [4.69, 9.17) is 14.0 Å². The maximum Gasteiger partial charge on any atom is 0.273 e. The van der Waals surface area contributed by atoms with E-state index in [-0.39, 0.29) is 11.6 Å². The van der Waals surface area contributed by atoms with E-state index in [2.05, 4.69) is 50.6 Å². The minimum atomic E-state index is -0.239. The molecular formula is C27H34N4O4. The first kappa shape index (κ1) is 24.8. The first-order chi connectivity index (χ1) is 17.2. The number of piperazine rings is 1. The Morgan fingerprint density at radius 2 is 1.74 bits per heavy atom. The Kier molecular flexibility index (Phi) is 8.75. The van der Waals surface area contributed by atoms with Gasteiger partial charge in [-0.1, -0.05) is 35.5 Å². The summed E-state index contributed by atoms with van der Waals surface area (Å²) in [7, 11) is 3.18. The average molecular weight is 479 g/mol. The van der Waals surface area contributed by atoms with E-state index in [0.29, 0.717) is 29.4 Å². The highest BCUT2D eigenvalue weighted by atomic mass is 16.5. The lowest BCUT2D eigenvalue weighted by Crippen LogP contribution is -2.46. The largest absolute Gasteiger partial charge is 0.497 e. The van der Waals surface area contributed by atoms with Crippen LogP contribution >= 0.6 is 0 Å². The summed E-state index contributed by atoms with van der Waals surface area (Å²) >= 11 is 0. The van der Waals surface area contributed by atoms with Crippen LogP contribution in [0, 0.1) is 0 Å². The zero-order valence-electron chi connectivity index (χ0n) is 20.5. The molecule has 35 heavy (non-hydrogen) atoms. The lowest BCUT2D eigenvalue weighted by Gasteiger charge is -2.34. The fourth-order valence-electron chi connectivity index (χ4n) is 4.28. The Hall–Kier alpha value is -3.36. The van der Waals surface area contributed by atoms with Crippen LogP contribution in [0.1, 0.15) is 28.9 Å². The number of benzene rings is 2. The monoisotopic (exact) mass is 478 g/mol. The summed E-state index contributed by atoms with van der Waals surface area (Å²) in [6.45, 7) is 7.06. The van der Waals surface area contributed by atoms with Gasteiger partial charge >= 0.3 is 0 Å². The van der Waals surface area contributed by atoms with Crippen molar-refractivity contribution in [3.8, 4) is 22.8 Å². The van der Waals surface area contributed by atoms with Crippen molar-refractivity contribution in [1.82, 2.24) is 20.3 Å². The van der Waals surface area contributed by atoms with Crippen molar-refractivity contribution in [2.45, 2.75) is 19.4 Å². The molecule has 2 heterocycles. The molecule has 1 saturated heterocycles. The first-order valence-electron chi connectivity index (χ1n) is 12.1. The Bertz CT molecular complexity index is 1080. The van der Waals surface area contributed by atoms with Gasteiger partial charge in [0, 0.05) is 45.3 Å². The quantitative estimate of drug-likeness (QED) is 0.421. The number of hydrogen-bond acceptors (Lipinski definition) is 7. The van der Waals surface area contributed by atoms with Gasteiger partial charge in [0.25, 0.3) is 5.91 Å². The Morgan fingerprint density at radius 3 is 2.49 bits per heavy atom. The number of carbonyl (C=O) groups excluding carboxylic acids is 1. The molecule has 1 fully saturated rings. The Labute approximate surface area is 206 Å². The Morgan fingerprint density at radius 1 is 0.971 bits per heavy atom. The summed E-state index contributed by atoms with van der Waals surface area (Å²) in [6, 6.07) is 17.7. The second-order valence-electron chi connectivity index (χ2n) is 8.71. The molecule has 2 aromatic carbocycles. The molecule has 0 spiro atoms. The molecule has 0 aliphatic carbocycles. The fourth-order valence-corrected chi connectivity index (χ4v) is 4.28. The molecule has 3 aromatic rings. The van der Waals surface area contributed by atoms with Crippen LogP contribution in [0.15, 0.2) is 59.1 Å². The minimum Gasteiger partial charge on any atom is -0.497 e. The number of carbonyl (C=O) groups is 1. The molecule has 0 unspecified atom stereocenters. The average Bonchev–Trinajstić information content (AvgIpc) is 3.40. The van der Waals surface area contributed by atoms with Crippen LogP contribution in [-0.2, 0) is 6.54 Å². The third-order valence-corrected chi connectivity index (χ3v) is 6.32. The molecule has 0 saturated carbocycles. The minimum absolute atomic E-state index is 0.239. The summed E-state index contributed by atoms with van der Waals surface area (Å²) in [4.78, 5) is 17.5. The highest BCUT2D eigenvalue weighted by molar-refractivity contribution is 5.93. The van der Waals surface area contributed by atoms with Crippen molar-refractivity contribution in [1.29, 1.82) is 0 Å². The SMILES string of the molecule is COc1ccc(OC)c(-c2cc(C(=O)NCCCCN3CCN(Cc4ccccc4)CC3)no2)c1. The molecule has 1 amide bonds. The smallest absolute Gasteiger partial charge is 0.273 e. The van der Waals surface area contributed by atoms with Crippen molar-refractivity contribution in [3.63, 3.8) is 0 Å². The normalized spacial score (nSPS) is 14.6. The molecular weight excluding hydrogens is 444 g/mol. The van der Waals surface area contributed by atoms with Gasteiger partial charge in [-0.3, -0.25) is 9.69 Å². The summed E-state index contributed by atoms with van der Waals surface area (Å²) in [5, 5.41) is 6.88. The molecule has 8 nitrogen and oxygen atoms in total. The predicted molar refractivity (Wildman–Crippen MR) is 135 cm³/mol. The van der Waals surface area contributed by atoms with E-state index >= 15 is 0 Å². The zero-order chi connectivity index (χ0) is 24.5. The summed E-state index contributed by atoms with van der Waals surface area (Å²) in [6.07, 6.45) is 1.97. The number of nitrogens with zero attached hydrogens (tertiary/aromatic N) is 3. The van der Waals surface area contributed by atoms with Gasteiger partial charge in [0.05, 0.1) is 19.8 Å². The molecule has 8 heteroatoms. The zero-order valence-corrected chi connectivity index (χ0v) is 20.5. The van der Waals surface area contributed by atoms with Crippen LogP contribution in [0.25, 0.3) is 11.3 Å². The van der Waals surface area contributed by atoms with Gasteiger partial charge in [-0.2, -0.15) is 0 Å². The van der Waals surface area contributed by atoms with Crippen molar-refractivity contribution in [2.75, 3.05) is 53.5 Å². The van der Waals surface area contributed by atoms with Crippen LogP contribution in [0.3, 0.4) is 0 Å². The van der Waals surface area contributed by atoms with Crippen LogP contribution in [0.5, 0.6) is 11.5 Å². The van der Waals surface area contributed by atoms with Crippen LogP contribution < -0.4 is 14.8 Å². The first-order valence-corrected chi connectivity index (χ1v) is 12.1. The van der Waals surface area contributed by atoms with Gasteiger partial charge in [-0.05, 0) is 43.1 Å². The van der Waals surface area contributed by atoms with E-state index in [1.165, 1.54) is 5.56 Å². The molecule has 0 atom stereocenters. The van der Waals surface area contributed by atoms with Crippen LogP contribution in [-0.4, -0.2) is 74.4 Å². The van der Waals surface area contributed by atoms with Crippen molar-refractivity contribution in [2.24, 2.45) is 0 Å². The molecule has 1 aliphatic rings. The van der Waals surface area contributed by atoms with E-state index in [9.17, 15) is 4.79 Å². The van der Waals surface area contributed by atoms with E-state index in [0.717, 1.165) is 52.1 Å². The van der Waals surface area contributed by atoms with Gasteiger partial charge in [0.15, 0.2) is 11.5 Å². The highest BCUT2D eigenvalue weighted by Crippen LogP contribution is 2.33.